The fraction of sp³-hybridized carbons (Fsp3) is 0.154. The first-order valence-corrected chi connectivity index (χ1v) is 7.31. The summed E-state index contributed by atoms with van der Waals surface area (Å²) in [6.45, 7) is 0.590. The van der Waals surface area contributed by atoms with Gasteiger partial charge in [-0.3, -0.25) is 4.79 Å². The van der Waals surface area contributed by atoms with Crippen molar-refractivity contribution < 1.29 is 9.90 Å². The average Bonchev–Trinajstić information content (AvgIpc) is 2.89. The van der Waals surface area contributed by atoms with Gasteiger partial charge in [0.25, 0.3) is 0 Å². The summed E-state index contributed by atoms with van der Waals surface area (Å²) in [5.74, 6) is 0.638. The first kappa shape index (κ1) is 13.0. The van der Waals surface area contributed by atoms with Gasteiger partial charge >= 0.3 is 0 Å². The topological polar surface area (TPSA) is 49.3 Å². The molecule has 0 spiro atoms. The van der Waals surface area contributed by atoms with E-state index < -0.39 is 0 Å². The Hall–Kier alpha value is -1.46. The summed E-state index contributed by atoms with van der Waals surface area (Å²) < 4.78 is 0. The molecule has 2 aromatic rings. The molecule has 0 aliphatic heterocycles. The SMILES string of the molecule is O=C(CSc1ccc(O)cc1)NCc1cccs1. The van der Waals surface area contributed by atoms with E-state index in [9.17, 15) is 4.79 Å². The highest BCUT2D eigenvalue weighted by molar-refractivity contribution is 8.00. The molecule has 1 amide bonds. The number of aromatic hydroxyl groups is 1. The first-order chi connectivity index (χ1) is 8.74. The lowest BCUT2D eigenvalue weighted by Crippen LogP contribution is -2.24. The van der Waals surface area contributed by atoms with Crippen molar-refractivity contribution in [2.24, 2.45) is 0 Å². The minimum absolute atomic E-state index is 0.0153. The number of thioether (sulfide) groups is 1. The van der Waals surface area contributed by atoms with Crippen LogP contribution in [0.2, 0.25) is 0 Å². The Balaban J connectivity index is 1.73. The normalized spacial score (nSPS) is 10.2. The van der Waals surface area contributed by atoms with Gasteiger partial charge in [0.05, 0.1) is 12.3 Å². The van der Waals surface area contributed by atoms with Crippen molar-refractivity contribution in [1.82, 2.24) is 5.32 Å². The lowest BCUT2D eigenvalue weighted by atomic mass is 10.3. The van der Waals surface area contributed by atoms with Crippen LogP contribution in [0.5, 0.6) is 5.75 Å². The number of carbonyl (C=O) groups excluding carboxylic acids is 1. The van der Waals surface area contributed by atoms with Crippen LogP contribution >= 0.6 is 23.1 Å². The van der Waals surface area contributed by atoms with Crippen molar-refractivity contribution in [3.63, 3.8) is 0 Å². The van der Waals surface area contributed by atoms with Crippen molar-refractivity contribution in [3.8, 4) is 5.75 Å². The Morgan fingerprint density at radius 1 is 1.28 bits per heavy atom. The number of carbonyl (C=O) groups is 1. The van der Waals surface area contributed by atoms with E-state index in [0.29, 0.717) is 12.3 Å². The maximum Gasteiger partial charge on any atom is 0.230 e. The zero-order valence-electron chi connectivity index (χ0n) is 9.63. The molecule has 0 aliphatic carbocycles. The lowest BCUT2D eigenvalue weighted by Gasteiger charge is -2.04. The second kappa shape index (κ2) is 6.47. The lowest BCUT2D eigenvalue weighted by molar-refractivity contribution is -0.118. The molecule has 18 heavy (non-hydrogen) atoms. The standard InChI is InChI=1S/C13H13NO2S2/c15-10-3-5-11(6-4-10)18-9-13(16)14-8-12-2-1-7-17-12/h1-7,15H,8-9H2,(H,14,16). The molecule has 1 aromatic heterocycles. The molecule has 0 unspecified atom stereocenters. The van der Waals surface area contributed by atoms with Gasteiger partial charge in [0.1, 0.15) is 5.75 Å². The highest BCUT2D eigenvalue weighted by Gasteiger charge is 2.03. The van der Waals surface area contributed by atoms with Crippen LogP contribution in [0.1, 0.15) is 4.88 Å². The summed E-state index contributed by atoms with van der Waals surface area (Å²) in [6, 6.07) is 10.8. The Kier molecular flexibility index (Phi) is 4.66. The van der Waals surface area contributed by atoms with Gasteiger partial charge in [-0.05, 0) is 35.7 Å². The Labute approximate surface area is 114 Å². The van der Waals surface area contributed by atoms with Crippen molar-refractivity contribution in [2.75, 3.05) is 5.75 Å². The van der Waals surface area contributed by atoms with Crippen molar-refractivity contribution in [2.45, 2.75) is 11.4 Å². The quantitative estimate of drug-likeness (QED) is 0.827. The third-order valence-electron chi connectivity index (χ3n) is 2.25. The van der Waals surface area contributed by atoms with E-state index in [1.165, 1.54) is 11.8 Å². The van der Waals surface area contributed by atoms with E-state index in [1.807, 2.05) is 17.5 Å². The molecule has 2 N–H and O–H groups in total. The summed E-state index contributed by atoms with van der Waals surface area (Å²) in [6.07, 6.45) is 0. The van der Waals surface area contributed by atoms with Crippen molar-refractivity contribution in [1.29, 1.82) is 0 Å². The maximum absolute atomic E-state index is 11.6. The molecule has 0 radical (unpaired) electrons. The fourth-order valence-corrected chi connectivity index (χ4v) is 2.71. The molecule has 2 rings (SSSR count). The highest BCUT2D eigenvalue weighted by Crippen LogP contribution is 2.20. The Morgan fingerprint density at radius 2 is 2.06 bits per heavy atom. The van der Waals surface area contributed by atoms with Gasteiger partial charge < -0.3 is 10.4 Å². The number of amides is 1. The molecule has 1 aromatic carbocycles. The zero-order valence-corrected chi connectivity index (χ0v) is 11.3. The monoisotopic (exact) mass is 279 g/mol. The van der Waals surface area contributed by atoms with Gasteiger partial charge in [-0.2, -0.15) is 0 Å². The smallest absolute Gasteiger partial charge is 0.230 e. The van der Waals surface area contributed by atoms with E-state index in [1.54, 1.807) is 35.6 Å². The minimum atomic E-state index is 0.0153. The van der Waals surface area contributed by atoms with Crippen LogP contribution in [0.15, 0.2) is 46.7 Å². The highest BCUT2D eigenvalue weighted by atomic mass is 32.2. The molecule has 0 fully saturated rings. The molecule has 5 heteroatoms. The number of nitrogens with one attached hydrogen (secondary N) is 1. The maximum atomic E-state index is 11.6. The van der Waals surface area contributed by atoms with Crippen LogP contribution < -0.4 is 5.32 Å². The minimum Gasteiger partial charge on any atom is -0.508 e. The molecule has 3 nitrogen and oxygen atoms in total. The second-order valence-corrected chi connectivity index (χ2v) is 5.72. The van der Waals surface area contributed by atoms with E-state index in [-0.39, 0.29) is 11.7 Å². The number of benzene rings is 1. The molecule has 0 atom stereocenters. The summed E-state index contributed by atoms with van der Waals surface area (Å²) in [5, 5.41) is 14.0. The molecule has 0 bridgehead atoms. The van der Waals surface area contributed by atoms with Gasteiger partial charge in [-0.25, -0.2) is 0 Å². The van der Waals surface area contributed by atoms with Gasteiger partial charge in [-0.15, -0.1) is 23.1 Å². The molecular formula is C13H13NO2S2. The van der Waals surface area contributed by atoms with E-state index in [0.717, 1.165) is 9.77 Å². The molecule has 0 saturated carbocycles. The predicted molar refractivity (Wildman–Crippen MR) is 75.0 cm³/mol. The van der Waals surface area contributed by atoms with Gasteiger partial charge in [0, 0.05) is 9.77 Å². The van der Waals surface area contributed by atoms with Crippen molar-refractivity contribution in [3.05, 3.63) is 46.7 Å². The number of rotatable bonds is 5. The summed E-state index contributed by atoms with van der Waals surface area (Å²) in [7, 11) is 0. The van der Waals surface area contributed by atoms with Crippen LogP contribution in [0.3, 0.4) is 0 Å². The Morgan fingerprint density at radius 3 is 2.72 bits per heavy atom. The molecule has 0 saturated heterocycles. The first-order valence-electron chi connectivity index (χ1n) is 5.45. The third-order valence-corrected chi connectivity index (χ3v) is 4.13. The number of hydrogen-bond acceptors (Lipinski definition) is 4. The van der Waals surface area contributed by atoms with E-state index in [2.05, 4.69) is 5.32 Å². The van der Waals surface area contributed by atoms with Crippen LogP contribution in [0.25, 0.3) is 0 Å². The number of thiophene rings is 1. The average molecular weight is 279 g/mol. The summed E-state index contributed by atoms with van der Waals surface area (Å²) in [5.41, 5.74) is 0. The molecule has 0 aliphatic rings. The van der Waals surface area contributed by atoms with E-state index >= 15 is 0 Å². The number of hydrogen-bond donors (Lipinski definition) is 2. The van der Waals surface area contributed by atoms with E-state index in [4.69, 9.17) is 5.11 Å². The fourth-order valence-electron chi connectivity index (χ4n) is 1.34. The molecule has 1 heterocycles. The van der Waals surface area contributed by atoms with Gasteiger partial charge in [0.15, 0.2) is 0 Å². The van der Waals surface area contributed by atoms with Crippen molar-refractivity contribution >= 4 is 29.0 Å². The van der Waals surface area contributed by atoms with Crippen LogP contribution in [0, 0.1) is 0 Å². The third kappa shape index (κ3) is 4.09. The molecular weight excluding hydrogens is 266 g/mol. The summed E-state index contributed by atoms with van der Waals surface area (Å²) >= 11 is 3.09. The molecule has 94 valence electrons. The zero-order chi connectivity index (χ0) is 12.8. The predicted octanol–water partition coefficient (Wildman–Crippen LogP) is 2.86. The second-order valence-electron chi connectivity index (χ2n) is 3.64. The van der Waals surface area contributed by atoms with Crippen LogP contribution in [-0.2, 0) is 11.3 Å². The summed E-state index contributed by atoms with van der Waals surface area (Å²) in [4.78, 5) is 13.7. The van der Waals surface area contributed by atoms with Gasteiger partial charge in [-0.1, -0.05) is 6.07 Å². The Bertz CT molecular complexity index is 494. The van der Waals surface area contributed by atoms with Gasteiger partial charge in [0.2, 0.25) is 5.91 Å². The largest absolute Gasteiger partial charge is 0.508 e. The number of phenolic OH excluding ortho intramolecular Hbond substituents is 1. The van der Waals surface area contributed by atoms with Crippen LogP contribution in [-0.4, -0.2) is 16.8 Å². The number of phenols is 1. The van der Waals surface area contributed by atoms with Crippen LogP contribution in [0.4, 0.5) is 0 Å².